The number of aliphatic carboxylic acids is 1. The van der Waals surface area contributed by atoms with Crippen molar-refractivity contribution >= 4 is 28.5 Å². The third kappa shape index (κ3) is 3.77. The smallest absolute Gasteiger partial charge is 0.303 e. The molecule has 0 saturated heterocycles. The average Bonchev–Trinajstić information content (AvgIpc) is 2.38. The lowest BCUT2D eigenvalue weighted by Gasteiger charge is -2.05. The van der Waals surface area contributed by atoms with Crippen LogP contribution in [0.4, 0.5) is 5.69 Å². The van der Waals surface area contributed by atoms with Gasteiger partial charge in [-0.2, -0.15) is 0 Å². The van der Waals surface area contributed by atoms with Crippen LogP contribution in [0, 0.1) is 0 Å². The molecular weight excluding hydrogens is 244 g/mol. The Bertz CT molecular complexity index is 610. The van der Waals surface area contributed by atoms with Crippen LogP contribution in [0.15, 0.2) is 36.5 Å². The predicted octanol–water partition coefficient (Wildman–Crippen LogP) is 2.43. The van der Waals surface area contributed by atoms with Gasteiger partial charge in [0.1, 0.15) is 0 Å². The summed E-state index contributed by atoms with van der Waals surface area (Å²) >= 11 is 0. The molecule has 19 heavy (non-hydrogen) atoms. The van der Waals surface area contributed by atoms with Crippen molar-refractivity contribution in [2.75, 3.05) is 5.32 Å². The molecule has 1 aromatic carbocycles. The molecular formula is C14H14N2O3. The van der Waals surface area contributed by atoms with Crippen LogP contribution in [0.5, 0.6) is 0 Å². The Labute approximate surface area is 110 Å². The standard InChI is InChI=1S/C14H14N2O3/c17-13(4-1-5-14(18)19)16-11-6-7-12-10(9-11)3-2-8-15-12/h2-3,6-9H,1,4-5H2,(H,16,17)(H,18,19). The van der Waals surface area contributed by atoms with E-state index in [4.69, 9.17) is 5.11 Å². The molecule has 0 atom stereocenters. The third-order valence-electron chi connectivity index (χ3n) is 2.68. The molecule has 0 fully saturated rings. The predicted molar refractivity (Wildman–Crippen MR) is 71.9 cm³/mol. The maximum atomic E-state index is 11.6. The molecule has 98 valence electrons. The molecule has 2 N–H and O–H groups in total. The quantitative estimate of drug-likeness (QED) is 0.863. The van der Waals surface area contributed by atoms with E-state index < -0.39 is 5.97 Å². The van der Waals surface area contributed by atoms with Crippen molar-refractivity contribution in [2.24, 2.45) is 0 Å². The first-order valence-electron chi connectivity index (χ1n) is 6.01. The zero-order chi connectivity index (χ0) is 13.7. The fraction of sp³-hybridized carbons (Fsp3) is 0.214. The molecule has 0 saturated carbocycles. The summed E-state index contributed by atoms with van der Waals surface area (Å²) in [6.07, 6.45) is 2.27. The summed E-state index contributed by atoms with van der Waals surface area (Å²) in [4.78, 5) is 26.1. The lowest BCUT2D eigenvalue weighted by Crippen LogP contribution is -2.11. The Balaban J connectivity index is 1.97. The number of rotatable bonds is 5. The lowest BCUT2D eigenvalue weighted by molar-refractivity contribution is -0.137. The number of carbonyl (C=O) groups is 2. The molecule has 1 amide bonds. The zero-order valence-electron chi connectivity index (χ0n) is 10.3. The van der Waals surface area contributed by atoms with E-state index in [-0.39, 0.29) is 18.7 Å². The number of anilines is 1. The minimum atomic E-state index is -0.885. The topological polar surface area (TPSA) is 79.3 Å². The number of nitrogens with one attached hydrogen (secondary N) is 1. The Morgan fingerprint density at radius 2 is 2.05 bits per heavy atom. The van der Waals surface area contributed by atoms with Crippen molar-refractivity contribution in [1.82, 2.24) is 4.98 Å². The summed E-state index contributed by atoms with van der Waals surface area (Å²) in [5.74, 6) is -1.06. The molecule has 0 spiro atoms. The first-order chi connectivity index (χ1) is 9.15. The van der Waals surface area contributed by atoms with Gasteiger partial charge in [-0.25, -0.2) is 0 Å². The highest BCUT2D eigenvalue weighted by Crippen LogP contribution is 2.17. The van der Waals surface area contributed by atoms with Crippen molar-refractivity contribution in [3.63, 3.8) is 0 Å². The van der Waals surface area contributed by atoms with Crippen LogP contribution in [0.1, 0.15) is 19.3 Å². The van der Waals surface area contributed by atoms with Crippen LogP contribution < -0.4 is 5.32 Å². The highest BCUT2D eigenvalue weighted by Gasteiger charge is 2.05. The zero-order valence-corrected chi connectivity index (χ0v) is 10.3. The Hall–Kier alpha value is -2.43. The molecule has 0 radical (unpaired) electrons. The van der Waals surface area contributed by atoms with Gasteiger partial charge in [0.2, 0.25) is 5.91 Å². The van der Waals surface area contributed by atoms with Gasteiger partial charge in [0, 0.05) is 30.1 Å². The van der Waals surface area contributed by atoms with E-state index in [0.717, 1.165) is 10.9 Å². The molecule has 0 unspecified atom stereocenters. The van der Waals surface area contributed by atoms with Gasteiger partial charge >= 0.3 is 5.97 Å². The fourth-order valence-electron chi connectivity index (χ4n) is 1.78. The van der Waals surface area contributed by atoms with Crippen LogP contribution in [0.25, 0.3) is 10.9 Å². The van der Waals surface area contributed by atoms with Gasteiger partial charge in [-0.1, -0.05) is 6.07 Å². The number of hydrogen-bond donors (Lipinski definition) is 2. The van der Waals surface area contributed by atoms with Gasteiger partial charge in [-0.15, -0.1) is 0 Å². The van der Waals surface area contributed by atoms with Crippen LogP contribution in [-0.4, -0.2) is 22.0 Å². The number of fused-ring (bicyclic) bond motifs is 1. The fourth-order valence-corrected chi connectivity index (χ4v) is 1.78. The lowest BCUT2D eigenvalue weighted by atomic mass is 10.2. The number of nitrogens with zero attached hydrogens (tertiary/aromatic N) is 1. The maximum absolute atomic E-state index is 11.6. The molecule has 0 aliphatic heterocycles. The van der Waals surface area contributed by atoms with E-state index >= 15 is 0 Å². The van der Waals surface area contributed by atoms with Gasteiger partial charge in [0.25, 0.3) is 0 Å². The number of carboxylic acid groups (broad SMARTS) is 1. The summed E-state index contributed by atoms with van der Waals surface area (Å²) in [6.45, 7) is 0. The number of hydrogen-bond acceptors (Lipinski definition) is 3. The molecule has 1 aromatic heterocycles. The Morgan fingerprint density at radius 1 is 1.21 bits per heavy atom. The summed E-state index contributed by atoms with van der Waals surface area (Å²) in [6, 6.07) is 9.22. The molecule has 0 aliphatic carbocycles. The molecule has 5 nitrogen and oxygen atoms in total. The summed E-state index contributed by atoms with van der Waals surface area (Å²) in [5.41, 5.74) is 1.56. The van der Waals surface area contributed by atoms with Gasteiger partial charge < -0.3 is 10.4 Å². The third-order valence-corrected chi connectivity index (χ3v) is 2.68. The van der Waals surface area contributed by atoms with E-state index in [9.17, 15) is 9.59 Å². The van der Waals surface area contributed by atoms with Gasteiger partial charge in [0.15, 0.2) is 0 Å². The number of carboxylic acids is 1. The number of carbonyl (C=O) groups excluding carboxylic acids is 1. The maximum Gasteiger partial charge on any atom is 0.303 e. The molecule has 2 rings (SSSR count). The Morgan fingerprint density at radius 3 is 2.84 bits per heavy atom. The van der Waals surface area contributed by atoms with Crippen molar-refractivity contribution in [1.29, 1.82) is 0 Å². The number of benzene rings is 1. The number of amides is 1. The minimum Gasteiger partial charge on any atom is -0.481 e. The minimum absolute atomic E-state index is 0.00899. The van der Waals surface area contributed by atoms with Crippen molar-refractivity contribution < 1.29 is 14.7 Å². The van der Waals surface area contributed by atoms with Crippen LogP contribution in [0.3, 0.4) is 0 Å². The van der Waals surface area contributed by atoms with E-state index in [1.165, 1.54) is 0 Å². The first kappa shape index (κ1) is 13.0. The van der Waals surface area contributed by atoms with Gasteiger partial charge in [0.05, 0.1) is 5.52 Å². The monoisotopic (exact) mass is 258 g/mol. The number of aromatic nitrogens is 1. The van der Waals surface area contributed by atoms with Crippen molar-refractivity contribution in [3.05, 3.63) is 36.5 Å². The second-order valence-electron chi connectivity index (χ2n) is 4.21. The van der Waals surface area contributed by atoms with E-state index in [1.54, 1.807) is 12.3 Å². The van der Waals surface area contributed by atoms with Gasteiger partial charge in [-0.05, 0) is 30.7 Å². The SMILES string of the molecule is O=C(O)CCCC(=O)Nc1ccc2ncccc2c1. The van der Waals surface area contributed by atoms with Crippen LogP contribution in [-0.2, 0) is 9.59 Å². The summed E-state index contributed by atoms with van der Waals surface area (Å²) in [7, 11) is 0. The molecule has 5 heteroatoms. The normalized spacial score (nSPS) is 10.3. The molecule has 2 aromatic rings. The second kappa shape index (κ2) is 5.95. The second-order valence-corrected chi connectivity index (χ2v) is 4.21. The highest BCUT2D eigenvalue weighted by atomic mass is 16.4. The Kier molecular flexibility index (Phi) is 4.07. The van der Waals surface area contributed by atoms with Crippen molar-refractivity contribution in [2.45, 2.75) is 19.3 Å². The molecule has 0 aliphatic rings. The van der Waals surface area contributed by atoms with E-state index in [1.807, 2.05) is 24.3 Å². The van der Waals surface area contributed by atoms with Crippen LogP contribution >= 0.6 is 0 Å². The highest BCUT2D eigenvalue weighted by molar-refractivity contribution is 5.93. The van der Waals surface area contributed by atoms with E-state index in [0.29, 0.717) is 12.1 Å². The van der Waals surface area contributed by atoms with E-state index in [2.05, 4.69) is 10.3 Å². The summed E-state index contributed by atoms with van der Waals surface area (Å²) in [5, 5.41) is 12.2. The number of pyridine rings is 1. The molecule has 0 bridgehead atoms. The van der Waals surface area contributed by atoms with Gasteiger partial charge in [-0.3, -0.25) is 14.6 Å². The van der Waals surface area contributed by atoms with Crippen LogP contribution in [0.2, 0.25) is 0 Å². The van der Waals surface area contributed by atoms with Crippen molar-refractivity contribution in [3.8, 4) is 0 Å². The molecule has 1 heterocycles. The summed E-state index contributed by atoms with van der Waals surface area (Å²) < 4.78 is 0. The first-order valence-corrected chi connectivity index (χ1v) is 6.01. The largest absolute Gasteiger partial charge is 0.481 e. The average molecular weight is 258 g/mol.